The predicted molar refractivity (Wildman–Crippen MR) is 89.9 cm³/mol. The van der Waals surface area contributed by atoms with E-state index in [-0.39, 0.29) is 10.8 Å². The summed E-state index contributed by atoms with van der Waals surface area (Å²) in [5, 5.41) is 0.858. The van der Waals surface area contributed by atoms with E-state index >= 15 is 0 Å². The van der Waals surface area contributed by atoms with Crippen LogP contribution in [-0.2, 0) is 0 Å². The van der Waals surface area contributed by atoms with E-state index in [0.717, 1.165) is 0 Å². The van der Waals surface area contributed by atoms with Crippen LogP contribution in [0.2, 0.25) is 23.2 Å². The molecule has 0 atom stereocenters. The molecule has 0 fully saturated rings. The van der Waals surface area contributed by atoms with Crippen molar-refractivity contribution in [2.24, 2.45) is 0 Å². The first kappa shape index (κ1) is 16.8. The second-order valence-corrected chi connectivity index (χ2v) is 11.8. The average Bonchev–Trinajstić information content (AvgIpc) is 2.34. The fraction of sp³-hybridized carbons (Fsp3) is 0.353. The van der Waals surface area contributed by atoms with Gasteiger partial charge in [-0.2, -0.15) is 0 Å². The Morgan fingerprint density at radius 1 is 1.20 bits per heavy atom. The van der Waals surface area contributed by atoms with Gasteiger partial charge in [-0.3, -0.25) is 4.79 Å². The summed E-state index contributed by atoms with van der Waals surface area (Å²) >= 11 is 5.79. The SMILES string of the molecule is CC(C)(C)[Si](C)(C)C#C/C=C/C(=O)c1ccc(Cl)cc1. The van der Waals surface area contributed by atoms with Crippen molar-refractivity contribution >= 4 is 25.5 Å². The first-order chi connectivity index (χ1) is 9.13. The lowest BCUT2D eigenvalue weighted by Crippen LogP contribution is -2.35. The molecule has 0 aliphatic rings. The average molecular weight is 305 g/mol. The van der Waals surface area contributed by atoms with Gasteiger partial charge in [-0.15, -0.1) is 5.54 Å². The van der Waals surface area contributed by atoms with Crippen LogP contribution in [0, 0.1) is 11.5 Å². The van der Waals surface area contributed by atoms with E-state index < -0.39 is 8.07 Å². The summed E-state index contributed by atoms with van der Waals surface area (Å²) in [4.78, 5) is 11.9. The van der Waals surface area contributed by atoms with E-state index in [1.165, 1.54) is 6.08 Å². The lowest BCUT2D eigenvalue weighted by Gasteiger charge is -2.31. The summed E-state index contributed by atoms with van der Waals surface area (Å²) in [6.07, 6.45) is 3.17. The number of hydrogen-bond donors (Lipinski definition) is 0. The van der Waals surface area contributed by atoms with Crippen LogP contribution in [0.25, 0.3) is 0 Å². The Kier molecular flexibility index (Phi) is 5.39. The Balaban J connectivity index is 2.76. The Hall–Kier alpha value is -1.30. The zero-order chi connectivity index (χ0) is 15.4. The molecule has 0 saturated carbocycles. The second-order valence-electron chi connectivity index (χ2n) is 6.35. The molecule has 0 spiro atoms. The standard InChI is InChI=1S/C17H21ClOSi/c1-17(2,3)20(4,5)13-7-6-8-16(19)14-9-11-15(18)12-10-14/h6,8-12H,1-5H3/b8-6+. The molecular formula is C17H21ClOSi. The van der Waals surface area contributed by atoms with Gasteiger partial charge < -0.3 is 0 Å². The zero-order valence-corrected chi connectivity index (χ0v) is 14.5. The number of rotatable bonds is 2. The molecule has 0 aromatic heterocycles. The molecule has 1 nitrogen and oxygen atoms in total. The molecule has 1 rings (SSSR count). The molecule has 0 unspecified atom stereocenters. The zero-order valence-electron chi connectivity index (χ0n) is 12.8. The highest BCUT2D eigenvalue weighted by Gasteiger charge is 2.33. The van der Waals surface area contributed by atoms with Crippen molar-refractivity contribution < 1.29 is 4.79 Å². The van der Waals surface area contributed by atoms with Crippen LogP contribution in [-0.4, -0.2) is 13.9 Å². The number of halogens is 1. The molecule has 1 aromatic rings. The summed E-state index contributed by atoms with van der Waals surface area (Å²) in [5.74, 6) is 2.98. The highest BCUT2D eigenvalue weighted by molar-refractivity contribution is 6.87. The quantitative estimate of drug-likeness (QED) is 0.320. The fourth-order valence-corrected chi connectivity index (χ4v) is 2.18. The van der Waals surface area contributed by atoms with Crippen LogP contribution in [0.5, 0.6) is 0 Å². The van der Waals surface area contributed by atoms with Gasteiger partial charge in [-0.1, -0.05) is 51.4 Å². The van der Waals surface area contributed by atoms with E-state index in [1.54, 1.807) is 30.3 Å². The van der Waals surface area contributed by atoms with Crippen molar-refractivity contribution in [1.29, 1.82) is 0 Å². The third kappa shape index (κ3) is 4.66. The van der Waals surface area contributed by atoms with Crippen molar-refractivity contribution in [3.8, 4) is 11.5 Å². The molecule has 0 aliphatic carbocycles. The van der Waals surface area contributed by atoms with E-state index in [9.17, 15) is 4.79 Å². The van der Waals surface area contributed by atoms with Crippen molar-refractivity contribution in [2.45, 2.75) is 38.9 Å². The predicted octanol–water partition coefficient (Wildman–Crippen LogP) is 5.13. The van der Waals surface area contributed by atoms with E-state index in [2.05, 4.69) is 45.3 Å². The maximum absolute atomic E-state index is 11.9. The van der Waals surface area contributed by atoms with Gasteiger partial charge in [0.15, 0.2) is 5.78 Å². The van der Waals surface area contributed by atoms with Gasteiger partial charge in [0.2, 0.25) is 0 Å². The number of allylic oxidation sites excluding steroid dienone is 2. The number of benzene rings is 1. The Labute approximate surface area is 128 Å². The normalized spacial score (nSPS) is 12.1. The maximum atomic E-state index is 11.9. The minimum atomic E-state index is -1.60. The first-order valence-electron chi connectivity index (χ1n) is 6.63. The van der Waals surface area contributed by atoms with Crippen LogP contribution in [0.1, 0.15) is 31.1 Å². The molecule has 0 aliphatic heterocycles. The van der Waals surface area contributed by atoms with Crippen molar-refractivity contribution in [3.63, 3.8) is 0 Å². The van der Waals surface area contributed by atoms with Crippen LogP contribution < -0.4 is 0 Å². The van der Waals surface area contributed by atoms with Crippen LogP contribution in [0.4, 0.5) is 0 Å². The number of ketones is 1. The van der Waals surface area contributed by atoms with Crippen LogP contribution in [0.15, 0.2) is 36.4 Å². The van der Waals surface area contributed by atoms with Crippen LogP contribution in [0.3, 0.4) is 0 Å². The monoisotopic (exact) mass is 304 g/mol. The van der Waals surface area contributed by atoms with Gasteiger partial charge in [0.05, 0.1) is 0 Å². The molecule has 106 valence electrons. The van der Waals surface area contributed by atoms with Crippen molar-refractivity contribution in [2.75, 3.05) is 0 Å². The number of hydrogen-bond acceptors (Lipinski definition) is 1. The van der Waals surface area contributed by atoms with E-state index in [1.807, 2.05) is 0 Å². The fourth-order valence-electron chi connectivity index (χ4n) is 1.24. The third-order valence-electron chi connectivity index (χ3n) is 3.71. The van der Waals surface area contributed by atoms with Gasteiger partial charge in [-0.05, 0) is 41.5 Å². The highest BCUT2D eigenvalue weighted by Crippen LogP contribution is 2.35. The van der Waals surface area contributed by atoms with Gasteiger partial charge >= 0.3 is 0 Å². The topological polar surface area (TPSA) is 17.1 Å². The Morgan fingerprint density at radius 2 is 1.75 bits per heavy atom. The molecule has 0 heterocycles. The van der Waals surface area contributed by atoms with Crippen molar-refractivity contribution in [3.05, 3.63) is 47.0 Å². The minimum Gasteiger partial charge on any atom is -0.289 e. The molecule has 20 heavy (non-hydrogen) atoms. The third-order valence-corrected chi connectivity index (χ3v) is 8.48. The van der Waals surface area contributed by atoms with E-state index in [0.29, 0.717) is 10.6 Å². The molecule has 1 aromatic carbocycles. The smallest absolute Gasteiger partial charge is 0.186 e. The van der Waals surface area contributed by atoms with E-state index in [4.69, 9.17) is 11.6 Å². The number of carbonyl (C=O) groups excluding carboxylic acids is 1. The molecule has 0 amide bonds. The second kappa shape index (κ2) is 6.43. The lowest BCUT2D eigenvalue weighted by atomic mass is 10.1. The minimum absolute atomic E-state index is 0.0498. The largest absolute Gasteiger partial charge is 0.289 e. The summed E-state index contributed by atoms with van der Waals surface area (Å²) in [6, 6.07) is 6.86. The molecule has 0 N–H and O–H groups in total. The Bertz CT molecular complexity index is 566. The van der Waals surface area contributed by atoms with Gasteiger partial charge in [-0.25, -0.2) is 0 Å². The molecule has 0 bridgehead atoms. The molecule has 0 saturated heterocycles. The number of carbonyl (C=O) groups is 1. The summed E-state index contributed by atoms with van der Waals surface area (Å²) in [5.41, 5.74) is 3.97. The summed E-state index contributed by atoms with van der Waals surface area (Å²) in [7, 11) is -1.60. The van der Waals surface area contributed by atoms with Crippen molar-refractivity contribution in [1.82, 2.24) is 0 Å². The highest BCUT2D eigenvalue weighted by atomic mass is 35.5. The lowest BCUT2D eigenvalue weighted by molar-refractivity contribution is 0.104. The molecule has 0 radical (unpaired) electrons. The molecular weight excluding hydrogens is 284 g/mol. The van der Waals surface area contributed by atoms with Crippen LogP contribution >= 0.6 is 11.6 Å². The van der Waals surface area contributed by atoms with Gasteiger partial charge in [0.25, 0.3) is 0 Å². The summed E-state index contributed by atoms with van der Waals surface area (Å²) in [6.45, 7) is 11.1. The van der Waals surface area contributed by atoms with Gasteiger partial charge in [0.1, 0.15) is 8.07 Å². The molecule has 3 heteroatoms. The summed E-state index contributed by atoms with van der Waals surface area (Å²) < 4.78 is 0. The maximum Gasteiger partial charge on any atom is 0.186 e. The first-order valence-corrected chi connectivity index (χ1v) is 10.0. The van der Waals surface area contributed by atoms with Gasteiger partial charge in [0, 0.05) is 10.6 Å². The Morgan fingerprint density at radius 3 is 2.25 bits per heavy atom.